The van der Waals surface area contributed by atoms with E-state index in [1.54, 1.807) is 0 Å². The van der Waals surface area contributed by atoms with E-state index in [1.807, 2.05) is 0 Å². The summed E-state index contributed by atoms with van der Waals surface area (Å²) in [6.07, 6.45) is 11.7. The second kappa shape index (κ2) is 13.8. The van der Waals surface area contributed by atoms with Gasteiger partial charge in [-0.3, -0.25) is 0 Å². The molecule has 0 aromatic carbocycles. The molecule has 0 aromatic rings. The van der Waals surface area contributed by atoms with E-state index in [1.165, 1.54) is 38.5 Å². The van der Waals surface area contributed by atoms with Gasteiger partial charge in [0.25, 0.3) is 0 Å². The average Bonchev–Trinajstić information content (AvgIpc) is 2.58. The Morgan fingerprint density at radius 1 is 0.917 bits per heavy atom. The molecule has 0 spiro atoms. The molecule has 142 valence electrons. The molecule has 1 heterocycles. The van der Waals surface area contributed by atoms with Crippen LogP contribution in [0.2, 0.25) is 0 Å². The van der Waals surface area contributed by atoms with E-state index >= 15 is 0 Å². The molecule has 5 nitrogen and oxygen atoms in total. The number of unbranched alkanes of at least 4 members (excludes halogenated alkanes) is 7. The van der Waals surface area contributed by atoms with Crippen molar-refractivity contribution in [3.8, 4) is 0 Å². The van der Waals surface area contributed by atoms with Gasteiger partial charge in [-0.1, -0.05) is 51.2 Å². The molecule has 1 aliphatic rings. The van der Waals surface area contributed by atoms with Gasteiger partial charge >= 0.3 is 0 Å². The minimum absolute atomic E-state index is 0.0352. The van der Waals surface area contributed by atoms with Crippen LogP contribution in [0, 0.1) is 0 Å². The van der Waals surface area contributed by atoms with Gasteiger partial charge in [0.15, 0.2) is 0 Å². The van der Waals surface area contributed by atoms with E-state index in [4.69, 9.17) is 9.47 Å². The van der Waals surface area contributed by atoms with Crippen LogP contribution in [0.1, 0.15) is 64.7 Å². The number of aliphatic hydroxyl groups excluding tert-OH is 3. The number of rotatable bonds is 13. The Labute approximate surface area is 146 Å². The highest BCUT2D eigenvalue weighted by molar-refractivity contribution is 4.86. The van der Waals surface area contributed by atoms with Crippen LogP contribution in [0.3, 0.4) is 0 Å². The zero-order valence-corrected chi connectivity index (χ0v) is 15.1. The summed E-state index contributed by atoms with van der Waals surface area (Å²) in [5, 5.41) is 28.7. The molecule has 0 aliphatic carbocycles. The fourth-order valence-electron chi connectivity index (χ4n) is 2.79. The minimum atomic E-state index is -1.16. The van der Waals surface area contributed by atoms with Gasteiger partial charge < -0.3 is 24.8 Å². The minimum Gasteiger partial charge on any atom is -0.388 e. The number of hydrogen-bond acceptors (Lipinski definition) is 5. The van der Waals surface area contributed by atoms with Gasteiger partial charge in [-0.25, -0.2) is 0 Å². The third kappa shape index (κ3) is 9.14. The Morgan fingerprint density at radius 3 is 2.33 bits per heavy atom. The van der Waals surface area contributed by atoms with Crippen LogP contribution in [0.4, 0.5) is 0 Å². The molecule has 4 atom stereocenters. The molecule has 0 radical (unpaired) electrons. The first-order chi connectivity index (χ1) is 11.7. The molecule has 24 heavy (non-hydrogen) atoms. The van der Waals surface area contributed by atoms with Crippen LogP contribution < -0.4 is 0 Å². The van der Waals surface area contributed by atoms with Crippen LogP contribution in [-0.4, -0.2) is 59.6 Å². The largest absolute Gasteiger partial charge is 0.388 e. The predicted molar refractivity (Wildman–Crippen MR) is 94.9 cm³/mol. The quantitative estimate of drug-likeness (QED) is 0.353. The highest BCUT2D eigenvalue weighted by Gasteiger charge is 2.37. The average molecular weight is 344 g/mol. The van der Waals surface area contributed by atoms with Gasteiger partial charge in [-0.2, -0.15) is 0 Å². The molecule has 0 aromatic heterocycles. The summed E-state index contributed by atoms with van der Waals surface area (Å²) < 4.78 is 10.8. The van der Waals surface area contributed by atoms with Crippen molar-refractivity contribution in [2.75, 3.05) is 19.8 Å². The van der Waals surface area contributed by atoms with E-state index in [2.05, 4.69) is 19.1 Å². The Hall–Kier alpha value is -0.460. The molecule has 0 unspecified atom stereocenters. The smallest absolute Gasteiger partial charge is 0.111 e. The summed E-state index contributed by atoms with van der Waals surface area (Å²) >= 11 is 0. The highest BCUT2D eigenvalue weighted by Crippen LogP contribution is 2.16. The summed E-state index contributed by atoms with van der Waals surface area (Å²) in [7, 11) is 0. The van der Waals surface area contributed by atoms with Gasteiger partial charge in [0.2, 0.25) is 0 Å². The lowest BCUT2D eigenvalue weighted by molar-refractivity contribution is -0.199. The van der Waals surface area contributed by atoms with Crippen LogP contribution in [0.15, 0.2) is 12.2 Å². The fourth-order valence-corrected chi connectivity index (χ4v) is 2.79. The third-order valence-electron chi connectivity index (χ3n) is 4.44. The van der Waals surface area contributed by atoms with E-state index in [0.717, 1.165) is 19.3 Å². The maximum Gasteiger partial charge on any atom is 0.111 e. The van der Waals surface area contributed by atoms with Gasteiger partial charge in [0.05, 0.1) is 13.2 Å². The summed E-state index contributed by atoms with van der Waals surface area (Å²) in [4.78, 5) is 0. The lowest BCUT2D eigenvalue weighted by Gasteiger charge is -2.35. The Morgan fingerprint density at radius 2 is 1.58 bits per heavy atom. The Bertz CT molecular complexity index is 321. The summed E-state index contributed by atoms with van der Waals surface area (Å²) in [6.45, 7) is 3.12. The first-order valence-electron chi connectivity index (χ1n) is 9.55. The van der Waals surface area contributed by atoms with Crippen molar-refractivity contribution in [3.05, 3.63) is 12.2 Å². The fraction of sp³-hybridized carbons (Fsp3) is 0.895. The molecule has 0 saturated carbocycles. The zero-order valence-electron chi connectivity index (χ0n) is 15.1. The molecule has 1 aliphatic heterocycles. The van der Waals surface area contributed by atoms with Crippen molar-refractivity contribution < 1.29 is 24.8 Å². The SMILES string of the molecule is CCCCCCCC/C=C/CCCOC[C@@H]1OC[C@@H](O)[C@H](O)[C@H]1O. The van der Waals surface area contributed by atoms with Crippen molar-refractivity contribution in [2.45, 2.75) is 89.1 Å². The Kier molecular flexibility index (Phi) is 12.4. The van der Waals surface area contributed by atoms with Crippen molar-refractivity contribution in [3.63, 3.8) is 0 Å². The monoisotopic (exact) mass is 344 g/mol. The van der Waals surface area contributed by atoms with Crippen molar-refractivity contribution >= 4 is 0 Å². The van der Waals surface area contributed by atoms with Crippen molar-refractivity contribution in [2.24, 2.45) is 0 Å². The van der Waals surface area contributed by atoms with Crippen LogP contribution in [-0.2, 0) is 9.47 Å². The molecule has 1 saturated heterocycles. The molecular formula is C19H36O5. The second-order valence-corrected chi connectivity index (χ2v) is 6.67. The molecule has 5 heteroatoms. The van der Waals surface area contributed by atoms with Crippen LogP contribution in [0.5, 0.6) is 0 Å². The van der Waals surface area contributed by atoms with E-state index in [-0.39, 0.29) is 13.2 Å². The summed E-state index contributed by atoms with van der Waals surface area (Å²) in [5.74, 6) is 0. The normalized spacial score (nSPS) is 27.8. The number of ether oxygens (including phenoxy) is 2. The van der Waals surface area contributed by atoms with E-state index in [9.17, 15) is 15.3 Å². The zero-order chi connectivity index (χ0) is 17.6. The predicted octanol–water partition coefficient (Wildman–Crippen LogP) is 2.57. The van der Waals surface area contributed by atoms with Crippen LogP contribution in [0.25, 0.3) is 0 Å². The summed E-state index contributed by atoms with van der Waals surface area (Å²) in [6, 6.07) is 0. The molecule has 1 fully saturated rings. The maximum absolute atomic E-state index is 9.77. The molecular weight excluding hydrogens is 308 g/mol. The van der Waals surface area contributed by atoms with E-state index in [0.29, 0.717) is 6.61 Å². The van der Waals surface area contributed by atoms with Crippen molar-refractivity contribution in [1.29, 1.82) is 0 Å². The van der Waals surface area contributed by atoms with E-state index < -0.39 is 24.4 Å². The third-order valence-corrected chi connectivity index (χ3v) is 4.44. The highest BCUT2D eigenvalue weighted by atomic mass is 16.6. The number of aliphatic hydroxyl groups is 3. The molecule has 1 rings (SSSR count). The first kappa shape index (κ1) is 21.6. The molecule has 0 amide bonds. The van der Waals surface area contributed by atoms with Gasteiger partial charge in [0.1, 0.15) is 24.4 Å². The number of allylic oxidation sites excluding steroid dienone is 2. The first-order valence-corrected chi connectivity index (χ1v) is 9.55. The van der Waals surface area contributed by atoms with Gasteiger partial charge in [-0.05, 0) is 25.7 Å². The van der Waals surface area contributed by atoms with Gasteiger partial charge in [0, 0.05) is 6.61 Å². The lowest BCUT2D eigenvalue weighted by atomic mass is 10.0. The summed E-state index contributed by atoms with van der Waals surface area (Å²) in [5.41, 5.74) is 0. The molecule has 0 bridgehead atoms. The standard InChI is InChI=1S/C19H36O5/c1-2-3-4-5-6-7-8-9-10-11-12-13-23-15-17-19(22)18(21)16(20)14-24-17/h9-10,16-22H,2-8,11-15H2,1H3/b10-9+/t16-,17+,18+,19+/m1/s1. The van der Waals surface area contributed by atoms with Crippen LogP contribution >= 0.6 is 0 Å². The second-order valence-electron chi connectivity index (χ2n) is 6.67. The number of hydrogen-bond donors (Lipinski definition) is 3. The molecule has 3 N–H and O–H groups in total. The van der Waals surface area contributed by atoms with Gasteiger partial charge in [-0.15, -0.1) is 0 Å². The topological polar surface area (TPSA) is 79.2 Å². The maximum atomic E-state index is 9.77. The lowest BCUT2D eigenvalue weighted by Crippen LogP contribution is -2.54. The Balaban J connectivity index is 1.91. The van der Waals surface area contributed by atoms with Crippen molar-refractivity contribution in [1.82, 2.24) is 0 Å².